The number of benzene rings is 1. The quantitative estimate of drug-likeness (QED) is 0.910. The Morgan fingerprint density at radius 1 is 1.47 bits per heavy atom. The third-order valence-electron chi connectivity index (χ3n) is 2.30. The lowest BCUT2D eigenvalue weighted by Gasteiger charge is -2.22. The van der Waals surface area contributed by atoms with Crippen molar-refractivity contribution in [1.82, 2.24) is 0 Å². The van der Waals surface area contributed by atoms with Gasteiger partial charge >= 0.3 is 0 Å². The third kappa shape index (κ3) is 3.42. The van der Waals surface area contributed by atoms with E-state index in [1.807, 2.05) is 0 Å². The highest BCUT2D eigenvalue weighted by atomic mass is 79.9. The molecule has 1 atom stereocenters. The van der Waals surface area contributed by atoms with Gasteiger partial charge in [0.25, 0.3) is 5.91 Å². The summed E-state index contributed by atoms with van der Waals surface area (Å²) in [5.41, 5.74) is 0.661. The van der Waals surface area contributed by atoms with Crippen LogP contribution in [-0.4, -0.2) is 31.8 Å². The van der Waals surface area contributed by atoms with Crippen LogP contribution in [-0.2, 0) is 14.3 Å². The van der Waals surface area contributed by atoms with Gasteiger partial charge in [-0.05, 0) is 34.1 Å². The van der Waals surface area contributed by atoms with E-state index in [4.69, 9.17) is 21.1 Å². The van der Waals surface area contributed by atoms with Gasteiger partial charge in [0.1, 0.15) is 0 Å². The maximum atomic E-state index is 11.8. The average molecular weight is 321 g/mol. The van der Waals surface area contributed by atoms with Crippen molar-refractivity contribution in [2.75, 3.05) is 25.1 Å². The molecule has 1 amide bonds. The lowest BCUT2D eigenvalue weighted by molar-refractivity contribution is -0.142. The summed E-state index contributed by atoms with van der Waals surface area (Å²) in [6.45, 7) is 1.27. The molecule has 1 aliphatic rings. The number of hydrogen-bond acceptors (Lipinski definition) is 3. The van der Waals surface area contributed by atoms with Crippen LogP contribution in [0.2, 0.25) is 5.02 Å². The number of amides is 1. The van der Waals surface area contributed by atoms with E-state index in [0.29, 0.717) is 23.9 Å². The molecule has 1 aliphatic heterocycles. The second kappa shape index (κ2) is 5.82. The fourth-order valence-corrected chi connectivity index (χ4v) is 2.23. The molecule has 0 aliphatic carbocycles. The Morgan fingerprint density at radius 2 is 2.29 bits per heavy atom. The summed E-state index contributed by atoms with van der Waals surface area (Å²) in [7, 11) is 0. The summed E-state index contributed by atoms with van der Waals surface area (Å²) >= 11 is 9.14. The van der Waals surface area contributed by atoms with Gasteiger partial charge in [-0.1, -0.05) is 11.6 Å². The molecule has 0 spiro atoms. The summed E-state index contributed by atoms with van der Waals surface area (Å²) in [4.78, 5) is 11.8. The largest absolute Gasteiger partial charge is 0.376 e. The van der Waals surface area contributed by atoms with E-state index in [-0.39, 0.29) is 12.5 Å². The fraction of sp³-hybridized carbons (Fsp3) is 0.364. The van der Waals surface area contributed by atoms with Crippen LogP contribution in [0.1, 0.15) is 0 Å². The highest BCUT2D eigenvalue weighted by Gasteiger charge is 2.23. The average Bonchev–Trinajstić information content (AvgIpc) is 2.34. The molecule has 1 aromatic carbocycles. The second-order valence-electron chi connectivity index (χ2n) is 3.55. The Bertz CT molecular complexity index is 421. The maximum Gasteiger partial charge on any atom is 0.255 e. The van der Waals surface area contributed by atoms with Crippen LogP contribution in [0.3, 0.4) is 0 Å². The molecule has 1 aromatic rings. The highest BCUT2D eigenvalue weighted by Crippen LogP contribution is 2.26. The first-order valence-corrected chi connectivity index (χ1v) is 6.29. The van der Waals surface area contributed by atoms with Crippen LogP contribution in [0.25, 0.3) is 0 Å². The Morgan fingerprint density at radius 3 is 2.94 bits per heavy atom. The Balaban J connectivity index is 2.02. The number of nitrogens with one attached hydrogen (secondary N) is 1. The molecular formula is C11H11BrClNO3. The molecule has 1 N–H and O–H groups in total. The Hall–Kier alpha value is -0.620. The van der Waals surface area contributed by atoms with Crippen molar-refractivity contribution in [3.8, 4) is 0 Å². The van der Waals surface area contributed by atoms with Gasteiger partial charge in [-0.3, -0.25) is 4.79 Å². The summed E-state index contributed by atoms with van der Waals surface area (Å²) < 4.78 is 11.2. The highest BCUT2D eigenvalue weighted by molar-refractivity contribution is 9.10. The van der Waals surface area contributed by atoms with E-state index in [2.05, 4.69) is 21.2 Å². The van der Waals surface area contributed by atoms with E-state index in [1.165, 1.54) is 0 Å². The van der Waals surface area contributed by atoms with Crippen molar-refractivity contribution in [2.45, 2.75) is 6.10 Å². The van der Waals surface area contributed by atoms with Crippen LogP contribution in [0.4, 0.5) is 5.69 Å². The minimum absolute atomic E-state index is 0.215. The zero-order chi connectivity index (χ0) is 12.3. The monoisotopic (exact) mass is 319 g/mol. The smallest absolute Gasteiger partial charge is 0.255 e. The van der Waals surface area contributed by atoms with Crippen LogP contribution < -0.4 is 5.32 Å². The molecule has 92 valence electrons. The minimum Gasteiger partial charge on any atom is -0.376 e. The first-order chi connectivity index (χ1) is 8.16. The molecule has 0 saturated carbocycles. The van der Waals surface area contributed by atoms with Gasteiger partial charge in [0.2, 0.25) is 0 Å². The zero-order valence-corrected chi connectivity index (χ0v) is 11.3. The number of carbonyl (C=O) groups is 1. The third-order valence-corrected chi connectivity index (χ3v) is 3.19. The summed E-state index contributed by atoms with van der Waals surface area (Å²) in [6.07, 6.45) is -0.550. The van der Waals surface area contributed by atoms with Gasteiger partial charge in [0, 0.05) is 9.50 Å². The molecule has 1 unspecified atom stereocenters. The predicted molar refractivity (Wildman–Crippen MR) is 68.3 cm³/mol. The Labute approximate surface area is 112 Å². The molecule has 0 bridgehead atoms. The molecule has 4 nitrogen and oxygen atoms in total. The van der Waals surface area contributed by atoms with Gasteiger partial charge in [-0.15, -0.1) is 0 Å². The van der Waals surface area contributed by atoms with Crippen molar-refractivity contribution < 1.29 is 14.3 Å². The number of halogens is 2. The molecule has 0 radical (unpaired) electrons. The number of hydrogen-bond donors (Lipinski definition) is 1. The van der Waals surface area contributed by atoms with Crippen molar-refractivity contribution in [3.05, 3.63) is 27.7 Å². The van der Waals surface area contributed by atoms with Crippen molar-refractivity contribution in [2.24, 2.45) is 0 Å². The first-order valence-electron chi connectivity index (χ1n) is 5.12. The zero-order valence-electron chi connectivity index (χ0n) is 8.91. The minimum atomic E-state index is -0.550. The van der Waals surface area contributed by atoms with E-state index >= 15 is 0 Å². The maximum absolute atomic E-state index is 11.8. The summed E-state index contributed by atoms with van der Waals surface area (Å²) in [6, 6.07) is 5.16. The first kappa shape index (κ1) is 12.8. The predicted octanol–water partition coefficient (Wildman–Crippen LogP) is 2.46. The number of ether oxygens (including phenoxy) is 2. The van der Waals surface area contributed by atoms with Gasteiger partial charge in [0.05, 0.1) is 25.5 Å². The summed E-state index contributed by atoms with van der Waals surface area (Å²) in [5, 5.41) is 3.36. The van der Waals surface area contributed by atoms with E-state index in [1.54, 1.807) is 18.2 Å². The molecule has 1 saturated heterocycles. The lowest BCUT2D eigenvalue weighted by atomic mass is 10.3. The second-order valence-corrected chi connectivity index (χ2v) is 4.84. The summed E-state index contributed by atoms with van der Waals surface area (Å²) in [5.74, 6) is -0.215. The van der Waals surface area contributed by atoms with Crippen LogP contribution in [0.5, 0.6) is 0 Å². The lowest BCUT2D eigenvalue weighted by Crippen LogP contribution is -2.39. The molecule has 17 heavy (non-hydrogen) atoms. The molecular weight excluding hydrogens is 309 g/mol. The van der Waals surface area contributed by atoms with Crippen LogP contribution in [0.15, 0.2) is 22.7 Å². The standard InChI is InChI=1S/C11H11BrClNO3/c12-8-5-7(13)1-2-9(8)14-11(15)10-6-16-3-4-17-10/h1-2,5,10H,3-4,6H2,(H,14,15). The number of carbonyl (C=O) groups excluding carboxylic acids is 1. The molecule has 1 fully saturated rings. The fourth-order valence-electron chi connectivity index (χ4n) is 1.44. The van der Waals surface area contributed by atoms with Crippen molar-refractivity contribution in [3.63, 3.8) is 0 Å². The molecule has 0 aromatic heterocycles. The SMILES string of the molecule is O=C(Nc1ccc(Cl)cc1Br)C1COCCO1. The van der Waals surface area contributed by atoms with Gasteiger partial charge < -0.3 is 14.8 Å². The van der Waals surface area contributed by atoms with Crippen LogP contribution >= 0.6 is 27.5 Å². The normalized spacial score (nSPS) is 20.0. The van der Waals surface area contributed by atoms with Crippen molar-refractivity contribution >= 4 is 39.1 Å². The Kier molecular flexibility index (Phi) is 4.39. The van der Waals surface area contributed by atoms with E-state index < -0.39 is 6.10 Å². The van der Waals surface area contributed by atoms with Gasteiger partial charge in [-0.2, -0.15) is 0 Å². The molecule has 2 rings (SSSR count). The van der Waals surface area contributed by atoms with Gasteiger partial charge in [-0.25, -0.2) is 0 Å². The van der Waals surface area contributed by atoms with E-state index in [9.17, 15) is 4.79 Å². The van der Waals surface area contributed by atoms with E-state index in [0.717, 1.165) is 4.47 Å². The van der Waals surface area contributed by atoms with Crippen LogP contribution in [0, 0.1) is 0 Å². The number of anilines is 1. The number of rotatable bonds is 2. The van der Waals surface area contributed by atoms with Crippen molar-refractivity contribution in [1.29, 1.82) is 0 Å². The topological polar surface area (TPSA) is 47.6 Å². The molecule has 1 heterocycles. The molecule has 6 heteroatoms. The van der Waals surface area contributed by atoms with Gasteiger partial charge in [0.15, 0.2) is 6.10 Å².